The molecule has 4 aromatic carbocycles. The molecule has 0 saturated carbocycles. The van der Waals surface area contributed by atoms with Gasteiger partial charge in [-0.25, -0.2) is 0 Å². The fraction of sp³-hybridized carbons (Fsp3) is 0.342. The second kappa shape index (κ2) is 15.5. The van der Waals surface area contributed by atoms with E-state index in [-0.39, 0.29) is 17.1 Å². The lowest BCUT2D eigenvalue weighted by Crippen LogP contribution is -2.16. The van der Waals surface area contributed by atoms with E-state index >= 15 is 0 Å². The van der Waals surface area contributed by atoms with E-state index in [9.17, 15) is 0 Å². The Morgan fingerprint density at radius 3 is 1.91 bits per heavy atom. The Morgan fingerprint density at radius 2 is 1.28 bits per heavy atom. The van der Waals surface area contributed by atoms with E-state index < -0.39 is 6.23 Å². The van der Waals surface area contributed by atoms with Crippen LogP contribution in [0.4, 0.5) is 0 Å². The number of ether oxygens (including phenoxy) is 3. The third kappa shape index (κ3) is 9.48. The molecule has 0 amide bonds. The number of nitrogens with two attached hydrogens (primary N) is 3. The minimum Gasteiger partial charge on any atom is -0.446 e. The summed E-state index contributed by atoms with van der Waals surface area (Å²) in [6, 6.07) is 33.2. The minimum absolute atomic E-state index is 0.0980. The fourth-order valence-corrected chi connectivity index (χ4v) is 5.04. The van der Waals surface area contributed by atoms with Gasteiger partial charge in [0, 0.05) is 11.1 Å². The van der Waals surface area contributed by atoms with Crippen molar-refractivity contribution in [2.75, 3.05) is 0 Å². The van der Waals surface area contributed by atoms with Gasteiger partial charge in [0.1, 0.15) is 6.23 Å². The van der Waals surface area contributed by atoms with E-state index in [0.717, 1.165) is 33.4 Å². The zero-order chi connectivity index (χ0) is 33.3. The van der Waals surface area contributed by atoms with E-state index in [0.29, 0.717) is 25.7 Å². The summed E-state index contributed by atoms with van der Waals surface area (Å²) in [5, 5.41) is 4.48. The maximum absolute atomic E-state index is 6.35. The highest BCUT2D eigenvalue weighted by molar-refractivity contribution is 5.95. The van der Waals surface area contributed by atoms with Crippen LogP contribution in [0.1, 0.15) is 98.5 Å². The van der Waals surface area contributed by atoms with Gasteiger partial charge in [-0.05, 0) is 62.4 Å². The zero-order valence-electron chi connectivity index (χ0n) is 27.9. The third-order valence-electron chi connectivity index (χ3n) is 7.83. The molecule has 0 bridgehead atoms. The number of hydrogen-bond acceptors (Lipinski definition) is 8. The van der Waals surface area contributed by atoms with Gasteiger partial charge < -0.3 is 19.9 Å². The molecule has 0 spiro atoms. The molecule has 2 atom stereocenters. The SMILES string of the molecule is CC(C)(C)c1ccc(COCc2cccc(C3=NNC(c4cccc(COC(N)c5ccc(C(C)(C)C)cc5)c4)O3)c2)cc1.NN. The molecule has 7 N–H and O–H groups in total. The van der Waals surface area contributed by atoms with E-state index in [2.05, 4.69) is 118 Å². The van der Waals surface area contributed by atoms with Crippen molar-refractivity contribution in [2.45, 2.75) is 84.6 Å². The van der Waals surface area contributed by atoms with Crippen molar-refractivity contribution < 1.29 is 14.2 Å². The normalized spacial score (nSPS) is 15.2. The number of hydrazine groups is 1. The molecule has 4 aromatic rings. The first kappa shape index (κ1) is 34.8. The van der Waals surface area contributed by atoms with Crippen molar-refractivity contribution in [3.63, 3.8) is 0 Å². The van der Waals surface area contributed by atoms with Crippen molar-refractivity contribution >= 4 is 5.90 Å². The van der Waals surface area contributed by atoms with Crippen LogP contribution in [-0.4, -0.2) is 5.90 Å². The number of rotatable bonds is 10. The summed E-state index contributed by atoms with van der Waals surface area (Å²) >= 11 is 0. The van der Waals surface area contributed by atoms with Gasteiger partial charge in [-0.3, -0.25) is 17.1 Å². The van der Waals surface area contributed by atoms with Crippen LogP contribution in [0.15, 0.2) is 102 Å². The average molecular weight is 624 g/mol. The summed E-state index contributed by atoms with van der Waals surface area (Å²) in [7, 11) is 0. The Morgan fingerprint density at radius 1 is 0.717 bits per heavy atom. The van der Waals surface area contributed by atoms with Gasteiger partial charge in [0.2, 0.25) is 12.1 Å². The van der Waals surface area contributed by atoms with Gasteiger partial charge in [-0.1, -0.05) is 120 Å². The Balaban J connectivity index is 0.00000235. The Kier molecular flexibility index (Phi) is 11.7. The molecule has 1 aliphatic rings. The van der Waals surface area contributed by atoms with Gasteiger partial charge in [-0.2, -0.15) is 0 Å². The van der Waals surface area contributed by atoms with E-state index in [4.69, 9.17) is 19.9 Å². The first-order valence-corrected chi connectivity index (χ1v) is 15.6. The quantitative estimate of drug-likeness (QED) is 0.0853. The highest BCUT2D eigenvalue weighted by atomic mass is 16.5. The topological polar surface area (TPSA) is 130 Å². The smallest absolute Gasteiger partial charge is 0.240 e. The predicted octanol–water partition coefficient (Wildman–Crippen LogP) is 6.97. The van der Waals surface area contributed by atoms with Crippen LogP contribution in [0.2, 0.25) is 0 Å². The third-order valence-corrected chi connectivity index (χ3v) is 7.83. The zero-order valence-corrected chi connectivity index (χ0v) is 27.9. The molecule has 0 aliphatic carbocycles. The Labute approximate surface area is 273 Å². The van der Waals surface area contributed by atoms with Crippen LogP contribution < -0.4 is 22.8 Å². The summed E-state index contributed by atoms with van der Waals surface area (Å²) in [6.07, 6.45) is -0.895. The Bertz CT molecular complexity index is 1570. The number of hydrogen-bond donors (Lipinski definition) is 4. The molecule has 8 heteroatoms. The number of nitrogens with one attached hydrogen (secondary N) is 1. The van der Waals surface area contributed by atoms with Gasteiger partial charge in [0.25, 0.3) is 0 Å². The lowest BCUT2D eigenvalue weighted by molar-refractivity contribution is 0.0440. The number of hydrazone groups is 1. The molecule has 8 nitrogen and oxygen atoms in total. The van der Waals surface area contributed by atoms with Crippen molar-refractivity contribution in [3.05, 3.63) is 142 Å². The van der Waals surface area contributed by atoms with Crippen LogP contribution in [-0.2, 0) is 44.9 Å². The number of nitrogens with zero attached hydrogens (tertiary/aromatic N) is 1. The van der Waals surface area contributed by atoms with Crippen LogP contribution >= 0.6 is 0 Å². The van der Waals surface area contributed by atoms with E-state index in [1.54, 1.807) is 0 Å². The molecule has 0 aromatic heterocycles. The summed E-state index contributed by atoms with van der Waals surface area (Å²) in [5.74, 6) is 8.55. The molecular weight excluding hydrogens is 574 g/mol. The first-order valence-electron chi connectivity index (χ1n) is 15.6. The van der Waals surface area contributed by atoms with Gasteiger partial charge in [0.15, 0.2) is 0 Å². The van der Waals surface area contributed by atoms with Gasteiger partial charge in [-0.15, -0.1) is 5.10 Å². The molecule has 0 fully saturated rings. The molecular formula is C38H49N5O3. The molecule has 1 aliphatic heterocycles. The van der Waals surface area contributed by atoms with Crippen LogP contribution in [0.25, 0.3) is 0 Å². The molecule has 0 radical (unpaired) electrons. The molecule has 2 unspecified atom stereocenters. The van der Waals surface area contributed by atoms with Gasteiger partial charge in [0.05, 0.1) is 19.8 Å². The van der Waals surface area contributed by atoms with Crippen LogP contribution in [0.3, 0.4) is 0 Å². The standard InChI is InChI=1S/C38H45N3O3.H4N2/c1-37(2,3)32-17-13-26(14-18-32)23-42-24-27-9-7-11-30(21-27)35-40-41-36(44-35)31-12-8-10-28(22-31)25-43-34(39)29-15-19-33(20-16-29)38(4,5)6;1-2/h7-22,34,36,41H,23-25,39H2,1-6H3;1-2H2. The lowest BCUT2D eigenvalue weighted by atomic mass is 9.86. The summed E-state index contributed by atoms with van der Waals surface area (Å²) in [6.45, 7) is 14.7. The van der Waals surface area contributed by atoms with Crippen LogP contribution in [0.5, 0.6) is 0 Å². The van der Waals surface area contributed by atoms with Crippen molar-refractivity contribution in [1.29, 1.82) is 0 Å². The number of benzene rings is 4. The average Bonchev–Trinajstić information content (AvgIpc) is 3.55. The monoisotopic (exact) mass is 623 g/mol. The maximum Gasteiger partial charge on any atom is 0.240 e. The lowest BCUT2D eigenvalue weighted by Gasteiger charge is -2.20. The van der Waals surface area contributed by atoms with Crippen molar-refractivity contribution in [1.82, 2.24) is 5.43 Å². The molecule has 0 saturated heterocycles. The van der Waals surface area contributed by atoms with Gasteiger partial charge >= 0.3 is 0 Å². The molecule has 5 rings (SSSR count). The van der Waals surface area contributed by atoms with Crippen molar-refractivity contribution in [2.24, 2.45) is 22.5 Å². The minimum atomic E-state index is -0.506. The summed E-state index contributed by atoms with van der Waals surface area (Å²) < 4.78 is 18.3. The van der Waals surface area contributed by atoms with Crippen molar-refractivity contribution in [3.8, 4) is 0 Å². The molecule has 46 heavy (non-hydrogen) atoms. The second-order valence-electron chi connectivity index (χ2n) is 13.5. The largest absolute Gasteiger partial charge is 0.446 e. The predicted molar refractivity (Wildman–Crippen MR) is 185 cm³/mol. The summed E-state index contributed by atoms with van der Waals surface area (Å²) in [5.41, 5.74) is 18.4. The fourth-order valence-electron chi connectivity index (χ4n) is 5.04. The van der Waals surface area contributed by atoms with E-state index in [1.807, 2.05) is 42.5 Å². The maximum atomic E-state index is 6.35. The second-order valence-corrected chi connectivity index (χ2v) is 13.5. The summed E-state index contributed by atoms with van der Waals surface area (Å²) in [4.78, 5) is 0. The molecule has 1 heterocycles. The first-order chi connectivity index (χ1) is 22.0. The highest BCUT2D eigenvalue weighted by Gasteiger charge is 2.23. The highest BCUT2D eigenvalue weighted by Crippen LogP contribution is 2.26. The van der Waals surface area contributed by atoms with Crippen LogP contribution in [0, 0.1) is 0 Å². The Hall–Kier alpha value is -4.05. The molecule has 244 valence electrons. The van der Waals surface area contributed by atoms with E-state index in [1.165, 1.54) is 11.1 Å².